The Morgan fingerprint density at radius 1 is 0.870 bits per heavy atom. The van der Waals surface area contributed by atoms with Gasteiger partial charge in [-0.3, -0.25) is 0 Å². The summed E-state index contributed by atoms with van der Waals surface area (Å²) in [4.78, 5) is 3.54. The lowest BCUT2D eigenvalue weighted by molar-refractivity contribution is -0.141. The number of nitrogens with zero attached hydrogens (tertiary/aromatic N) is 1. The fraction of sp³-hybridized carbons (Fsp3) is 0.154. The molecule has 2 aromatic rings. The highest BCUT2D eigenvalue weighted by molar-refractivity contribution is 6.56. The van der Waals surface area contributed by atoms with E-state index < -0.39 is 11.9 Å². The fourth-order valence-electron chi connectivity index (χ4n) is 1.76. The molecule has 0 saturated carbocycles. The van der Waals surface area contributed by atoms with Gasteiger partial charge in [-0.1, -0.05) is 58.0 Å². The predicted octanol–water partition coefficient (Wildman–Crippen LogP) is 7.04. The first-order chi connectivity index (χ1) is 10.6. The Bertz CT molecular complexity index is 750. The molecule has 0 aliphatic heterocycles. The maximum absolute atomic E-state index is 12.9. The minimum absolute atomic E-state index is 0.0104. The summed E-state index contributed by atoms with van der Waals surface area (Å²) in [5.41, 5.74) is -1.50. The molecular formula is C13H5Cl5F3NO. The molecule has 1 heterocycles. The summed E-state index contributed by atoms with van der Waals surface area (Å²) < 4.78 is 43.7. The van der Waals surface area contributed by atoms with Gasteiger partial charge in [0.2, 0.25) is 0 Å². The Balaban J connectivity index is 2.86. The summed E-state index contributed by atoms with van der Waals surface area (Å²) in [6, 6.07) is 1.86. The number of pyridine rings is 1. The van der Waals surface area contributed by atoms with Crippen LogP contribution < -0.4 is 4.74 Å². The van der Waals surface area contributed by atoms with Crippen molar-refractivity contribution in [2.24, 2.45) is 0 Å². The van der Waals surface area contributed by atoms with E-state index >= 15 is 0 Å². The van der Waals surface area contributed by atoms with Crippen molar-refractivity contribution in [3.8, 4) is 17.0 Å². The molecule has 23 heavy (non-hydrogen) atoms. The van der Waals surface area contributed by atoms with E-state index in [2.05, 4.69) is 4.98 Å². The molecule has 2 nitrogen and oxygen atoms in total. The molecule has 124 valence electrons. The van der Waals surface area contributed by atoms with Gasteiger partial charge in [0.05, 0.1) is 32.2 Å². The van der Waals surface area contributed by atoms with Crippen LogP contribution in [-0.4, -0.2) is 12.1 Å². The van der Waals surface area contributed by atoms with Crippen LogP contribution in [0.4, 0.5) is 13.2 Å². The van der Waals surface area contributed by atoms with E-state index in [0.29, 0.717) is 0 Å². The lowest BCUT2D eigenvalue weighted by atomic mass is 10.1. The average molecular weight is 425 g/mol. The van der Waals surface area contributed by atoms with Crippen LogP contribution in [0.3, 0.4) is 0 Å². The lowest BCUT2D eigenvalue weighted by Gasteiger charge is -2.16. The van der Waals surface area contributed by atoms with E-state index in [1.807, 2.05) is 0 Å². The molecule has 0 atom stereocenters. The van der Waals surface area contributed by atoms with Crippen LogP contribution in [0.15, 0.2) is 12.1 Å². The van der Waals surface area contributed by atoms with E-state index in [1.165, 1.54) is 7.11 Å². The van der Waals surface area contributed by atoms with Gasteiger partial charge in [-0.05, 0) is 12.1 Å². The first-order valence-corrected chi connectivity index (χ1v) is 7.62. The van der Waals surface area contributed by atoms with Crippen molar-refractivity contribution >= 4 is 58.0 Å². The van der Waals surface area contributed by atoms with E-state index in [1.54, 1.807) is 0 Å². The summed E-state index contributed by atoms with van der Waals surface area (Å²) in [7, 11) is 1.26. The SMILES string of the molecule is COc1ccc(C(F)(F)F)nc1-c1c(Cl)c(Cl)c(Cl)c(Cl)c1Cl. The first-order valence-electron chi connectivity index (χ1n) is 5.73. The number of alkyl halides is 3. The average Bonchev–Trinajstić information content (AvgIpc) is 2.50. The van der Waals surface area contributed by atoms with E-state index in [9.17, 15) is 13.2 Å². The number of halogens is 8. The second-order valence-corrected chi connectivity index (χ2v) is 6.08. The Hall–Kier alpha value is -0.590. The quantitative estimate of drug-likeness (QED) is 0.380. The molecule has 1 aromatic heterocycles. The second kappa shape index (κ2) is 6.73. The Kier molecular flexibility index (Phi) is 5.48. The molecule has 0 aliphatic carbocycles. The highest BCUT2D eigenvalue weighted by atomic mass is 35.5. The van der Waals surface area contributed by atoms with Crippen molar-refractivity contribution in [3.05, 3.63) is 42.9 Å². The third kappa shape index (κ3) is 3.44. The number of hydrogen-bond acceptors (Lipinski definition) is 2. The largest absolute Gasteiger partial charge is 0.494 e. The van der Waals surface area contributed by atoms with Crippen LogP contribution in [-0.2, 0) is 6.18 Å². The highest BCUT2D eigenvalue weighted by Gasteiger charge is 2.34. The summed E-state index contributed by atoms with van der Waals surface area (Å²) in [5.74, 6) is 0.0104. The van der Waals surface area contributed by atoms with E-state index in [4.69, 9.17) is 62.7 Å². The zero-order chi connectivity index (χ0) is 17.5. The zero-order valence-electron chi connectivity index (χ0n) is 11.0. The maximum Gasteiger partial charge on any atom is 0.433 e. The monoisotopic (exact) mass is 423 g/mol. The topological polar surface area (TPSA) is 22.1 Å². The lowest BCUT2D eigenvalue weighted by Crippen LogP contribution is -2.09. The molecule has 0 bridgehead atoms. The van der Waals surface area contributed by atoms with Crippen molar-refractivity contribution in [2.75, 3.05) is 7.11 Å². The summed E-state index contributed by atoms with van der Waals surface area (Å²) in [6.45, 7) is 0. The number of hydrogen-bond donors (Lipinski definition) is 0. The number of aromatic nitrogens is 1. The number of benzene rings is 1. The van der Waals surface area contributed by atoms with E-state index in [0.717, 1.165) is 12.1 Å². The summed E-state index contributed by atoms with van der Waals surface area (Å²) in [6.07, 6.45) is -4.67. The third-order valence-electron chi connectivity index (χ3n) is 2.82. The fourth-order valence-corrected chi connectivity index (χ4v) is 3.08. The molecule has 0 aliphatic rings. The molecule has 1 aromatic carbocycles. The minimum atomic E-state index is -4.67. The third-order valence-corrected chi connectivity index (χ3v) is 5.09. The minimum Gasteiger partial charge on any atom is -0.494 e. The van der Waals surface area contributed by atoms with Crippen LogP contribution >= 0.6 is 58.0 Å². The van der Waals surface area contributed by atoms with Crippen molar-refractivity contribution in [3.63, 3.8) is 0 Å². The van der Waals surface area contributed by atoms with Crippen LogP contribution in [0.2, 0.25) is 25.1 Å². The van der Waals surface area contributed by atoms with Gasteiger partial charge in [-0.25, -0.2) is 4.98 Å². The highest BCUT2D eigenvalue weighted by Crippen LogP contribution is 2.49. The van der Waals surface area contributed by atoms with Gasteiger partial charge in [0, 0.05) is 5.56 Å². The van der Waals surface area contributed by atoms with Gasteiger partial charge < -0.3 is 4.74 Å². The maximum atomic E-state index is 12.9. The van der Waals surface area contributed by atoms with Crippen LogP contribution in [0.25, 0.3) is 11.3 Å². The van der Waals surface area contributed by atoms with Crippen molar-refractivity contribution < 1.29 is 17.9 Å². The normalized spacial score (nSPS) is 11.7. The van der Waals surface area contributed by atoms with Gasteiger partial charge in [0.15, 0.2) is 0 Å². The number of ether oxygens (including phenoxy) is 1. The van der Waals surface area contributed by atoms with Crippen molar-refractivity contribution in [2.45, 2.75) is 6.18 Å². The smallest absolute Gasteiger partial charge is 0.433 e. The van der Waals surface area contributed by atoms with E-state index in [-0.39, 0.29) is 42.1 Å². The molecule has 0 spiro atoms. The predicted molar refractivity (Wildman–Crippen MR) is 86.3 cm³/mol. The summed E-state index contributed by atoms with van der Waals surface area (Å²) >= 11 is 29.9. The molecule has 0 unspecified atom stereocenters. The first kappa shape index (κ1) is 18.7. The summed E-state index contributed by atoms with van der Waals surface area (Å²) in [5, 5.41) is -0.789. The van der Waals surface area contributed by atoms with Gasteiger partial charge >= 0.3 is 6.18 Å². The zero-order valence-corrected chi connectivity index (χ0v) is 14.8. The Morgan fingerprint density at radius 2 is 1.35 bits per heavy atom. The Morgan fingerprint density at radius 3 is 1.78 bits per heavy atom. The van der Waals surface area contributed by atoms with Crippen molar-refractivity contribution in [1.82, 2.24) is 4.98 Å². The molecule has 2 rings (SSSR count). The molecule has 0 radical (unpaired) electrons. The molecule has 10 heteroatoms. The Labute approximate surface area is 154 Å². The van der Waals surface area contributed by atoms with Gasteiger partial charge in [-0.2, -0.15) is 13.2 Å². The second-order valence-electron chi connectivity index (χ2n) is 4.19. The molecule has 0 saturated heterocycles. The van der Waals surface area contributed by atoms with Crippen LogP contribution in [0.1, 0.15) is 5.69 Å². The molecule has 0 amide bonds. The van der Waals surface area contributed by atoms with Crippen molar-refractivity contribution in [1.29, 1.82) is 0 Å². The number of methoxy groups -OCH3 is 1. The van der Waals surface area contributed by atoms with Gasteiger partial charge in [0.1, 0.15) is 17.1 Å². The molecule has 0 fully saturated rings. The van der Waals surface area contributed by atoms with Gasteiger partial charge in [-0.15, -0.1) is 0 Å². The van der Waals surface area contributed by atoms with Crippen LogP contribution in [0.5, 0.6) is 5.75 Å². The van der Waals surface area contributed by atoms with Gasteiger partial charge in [0.25, 0.3) is 0 Å². The number of rotatable bonds is 2. The molecule has 0 N–H and O–H groups in total. The standard InChI is InChI=1S/C13H5Cl5F3NO/c1-23-4-2-3-5(13(19,20)21)22-12(4)6-7(14)9(16)11(18)10(17)8(6)15/h2-3H,1H3. The molecular weight excluding hydrogens is 420 g/mol. The van der Waals surface area contributed by atoms with Crippen LogP contribution in [0, 0.1) is 0 Å².